The Morgan fingerprint density at radius 3 is 1.60 bits per heavy atom. The average Bonchev–Trinajstić information content (AvgIpc) is 3.67. The van der Waals surface area contributed by atoms with Gasteiger partial charge in [-0.3, -0.25) is 4.98 Å². The Morgan fingerprint density at radius 1 is 0.350 bits per heavy atom. The molecular weight excluding hydrogens is 725 g/mol. The van der Waals surface area contributed by atoms with Gasteiger partial charge in [-0.15, -0.1) is 0 Å². The maximum atomic E-state index is 5.62. The molecule has 10 aromatic rings. The standard InChI is InChI=1S/C58H42N2/c1-57(2)50-18-10-8-15-42(50)44-27-25-37(30-52(44)57)48-33-55(39-26-28-45-43-16-9-11-19-51(43)58(3,4)53(45)31-39)60-56-46-17-7-6-14-41(46)47(32-49(48)56)36-23-21-35(22-24-36)40-29-38-13-5-12-20-54(38)59-34-40/h5-34H,1-4H3. The van der Waals surface area contributed by atoms with Gasteiger partial charge in [-0.25, -0.2) is 4.98 Å². The second-order valence-electron chi connectivity index (χ2n) is 17.8. The molecule has 2 aliphatic rings. The van der Waals surface area contributed by atoms with Gasteiger partial charge in [0.15, 0.2) is 0 Å². The summed E-state index contributed by atoms with van der Waals surface area (Å²) >= 11 is 0. The lowest BCUT2D eigenvalue weighted by Gasteiger charge is -2.23. The first-order chi connectivity index (χ1) is 29.2. The zero-order chi connectivity index (χ0) is 40.3. The minimum Gasteiger partial charge on any atom is -0.256 e. The van der Waals surface area contributed by atoms with Gasteiger partial charge in [-0.2, -0.15) is 0 Å². The van der Waals surface area contributed by atoms with Gasteiger partial charge in [-0.05, 0) is 114 Å². The largest absolute Gasteiger partial charge is 0.256 e. The van der Waals surface area contributed by atoms with E-state index in [1.54, 1.807) is 0 Å². The summed E-state index contributed by atoms with van der Waals surface area (Å²) in [6, 6.07) is 65.0. The molecule has 2 heteroatoms. The zero-order valence-corrected chi connectivity index (χ0v) is 34.2. The fourth-order valence-corrected chi connectivity index (χ4v) is 10.5. The van der Waals surface area contributed by atoms with Crippen LogP contribution in [-0.2, 0) is 10.8 Å². The fraction of sp³-hybridized carbons (Fsp3) is 0.103. The van der Waals surface area contributed by atoms with Crippen molar-refractivity contribution in [3.63, 3.8) is 0 Å². The minimum absolute atomic E-state index is 0.107. The van der Waals surface area contributed by atoms with E-state index in [1.807, 2.05) is 12.3 Å². The van der Waals surface area contributed by atoms with Gasteiger partial charge in [0.05, 0.1) is 16.7 Å². The van der Waals surface area contributed by atoms with Crippen molar-refractivity contribution in [3.8, 4) is 66.9 Å². The van der Waals surface area contributed by atoms with Crippen LogP contribution in [0.5, 0.6) is 0 Å². The molecule has 0 saturated carbocycles. The van der Waals surface area contributed by atoms with Crippen molar-refractivity contribution in [2.75, 3.05) is 0 Å². The highest BCUT2D eigenvalue weighted by atomic mass is 14.7. The van der Waals surface area contributed by atoms with Crippen LogP contribution < -0.4 is 0 Å². The first-order valence-corrected chi connectivity index (χ1v) is 21.1. The number of pyridine rings is 2. The predicted octanol–water partition coefficient (Wildman–Crippen LogP) is 15.2. The highest BCUT2D eigenvalue weighted by Crippen LogP contribution is 2.52. The normalized spacial score (nSPS) is 14.3. The predicted molar refractivity (Wildman–Crippen MR) is 251 cm³/mol. The Labute approximate surface area is 350 Å². The molecule has 2 aromatic heterocycles. The summed E-state index contributed by atoms with van der Waals surface area (Å²) in [5.74, 6) is 0. The van der Waals surface area contributed by atoms with E-state index in [4.69, 9.17) is 9.97 Å². The van der Waals surface area contributed by atoms with E-state index >= 15 is 0 Å². The maximum absolute atomic E-state index is 5.62. The molecule has 0 N–H and O–H groups in total. The van der Waals surface area contributed by atoms with E-state index in [9.17, 15) is 0 Å². The highest BCUT2D eigenvalue weighted by Gasteiger charge is 2.37. The number of para-hydroxylation sites is 1. The van der Waals surface area contributed by atoms with E-state index in [1.165, 1.54) is 72.1 Å². The third-order valence-corrected chi connectivity index (χ3v) is 13.7. The van der Waals surface area contributed by atoms with Gasteiger partial charge < -0.3 is 0 Å². The van der Waals surface area contributed by atoms with E-state index in [0.29, 0.717) is 0 Å². The van der Waals surface area contributed by atoms with Crippen LogP contribution in [0.25, 0.3) is 99.5 Å². The smallest absolute Gasteiger partial charge is 0.0794 e. The number of nitrogens with zero attached hydrogens (tertiary/aromatic N) is 2. The molecule has 0 saturated heterocycles. The lowest BCUT2D eigenvalue weighted by Crippen LogP contribution is -2.15. The van der Waals surface area contributed by atoms with E-state index in [2.05, 4.69) is 198 Å². The minimum atomic E-state index is -0.117. The van der Waals surface area contributed by atoms with E-state index < -0.39 is 0 Å². The van der Waals surface area contributed by atoms with Gasteiger partial charge in [0.1, 0.15) is 0 Å². The summed E-state index contributed by atoms with van der Waals surface area (Å²) in [4.78, 5) is 10.4. The number of fused-ring (bicyclic) bond motifs is 10. The lowest BCUT2D eigenvalue weighted by atomic mass is 9.81. The Kier molecular flexibility index (Phi) is 7.36. The Balaban J connectivity index is 1.07. The van der Waals surface area contributed by atoms with Crippen molar-refractivity contribution in [3.05, 3.63) is 204 Å². The van der Waals surface area contributed by atoms with Gasteiger partial charge in [-0.1, -0.05) is 167 Å². The molecule has 0 spiro atoms. The first-order valence-electron chi connectivity index (χ1n) is 21.1. The van der Waals surface area contributed by atoms with E-state index in [-0.39, 0.29) is 10.8 Å². The number of benzene rings is 8. The van der Waals surface area contributed by atoms with E-state index in [0.717, 1.165) is 49.6 Å². The number of hydrogen-bond donors (Lipinski definition) is 0. The quantitative estimate of drug-likeness (QED) is 0.167. The fourth-order valence-electron chi connectivity index (χ4n) is 10.5. The summed E-state index contributed by atoms with van der Waals surface area (Å²) in [6.07, 6.45) is 1.98. The molecule has 2 nitrogen and oxygen atoms in total. The molecule has 60 heavy (non-hydrogen) atoms. The summed E-state index contributed by atoms with van der Waals surface area (Å²) in [6.45, 7) is 9.44. The van der Waals surface area contributed by atoms with Crippen molar-refractivity contribution < 1.29 is 0 Å². The lowest BCUT2D eigenvalue weighted by molar-refractivity contribution is 0.660. The van der Waals surface area contributed by atoms with Crippen LogP contribution in [0.3, 0.4) is 0 Å². The molecule has 0 unspecified atom stereocenters. The third-order valence-electron chi connectivity index (χ3n) is 13.7. The topological polar surface area (TPSA) is 25.8 Å². The van der Waals surface area contributed by atoms with Crippen LogP contribution >= 0.6 is 0 Å². The van der Waals surface area contributed by atoms with Crippen LogP contribution in [0, 0.1) is 0 Å². The third kappa shape index (κ3) is 5.07. The first kappa shape index (κ1) is 34.8. The zero-order valence-electron chi connectivity index (χ0n) is 34.2. The molecule has 0 fully saturated rings. The van der Waals surface area contributed by atoms with Crippen molar-refractivity contribution in [1.29, 1.82) is 0 Å². The maximum Gasteiger partial charge on any atom is 0.0794 e. The SMILES string of the molecule is CC1(C)c2ccccc2-c2ccc(-c3cc(-c4ccc5c(c4)C(C)(C)c4ccccc4-5)c4cc(-c5ccc(-c6cnc7ccccc7c6)cc5)c5ccccc5c4n3)cc21. The molecule has 0 atom stereocenters. The van der Waals surface area contributed by atoms with Crippen molar-refractivity contribution in [2.45, 2.75) is 38.5 Å². The molecule has 2 heterocycles. The molecule has 284 valence electrons. The summed E-state index contributed by atoms with van der Waals surface area (Å²) < 4.78 is 0. The number of rotatable bonds is 4. The van der Waals surface area contributed by atoms with Crippen LogP contribution in [0.4, 0.5) is 0 Å². The second kappa shape index (κ2) is 12.7. The van der Waals surface area contributed by atoms with Gasteiger partial charge in [0.25, 0.3) is 0 Å². The molecule has 12 rings (SSSR count). The van der Waals surface area contributed by atoms with Crippen LogP contribution in [0.2, 0.25) is 0 Å². The summed E-state index contributed by atoms with van der Waals surface area (Å²) in [5.41, 5.74) is 21.8. The molecule has 8 aromatic carbocycles. The van der Waals surface area contributed by atoms with Crippen LogP contribution in [0.15, 0.2) is 182 Å². The Bertz CT molecular complexity index is 3420. The Hall–Kier alpha value is -7.16. The number of aromatic nitrogens is 2. The molecule has 0 radical (unpaired) electrons. The highest BCUT2D eigenvalue weighted by molar-refractivity contribution is 6.16. The van der Waals surface area contributed by atoms with Gasteiger partial charge in [0, 0.05) is 44.3 Å². The van der Waals surface area contributed by atoms with Crippen molar-refractivity contribution in [1.82, 2.24) is 9.97 Å². The molecule has 0 aliphatic heterocycles. The van der Waals surface area contributed by atoms with Crippen LogP contribution in [-0.4, -0.2) is 9.97 Å². The number of hydrogen-bond acceptors (Lipinski definition) is 2. The summed E-state index contributed by atoms with van der Waals surface area (Å²) in [7, 11) is 0. The van der Waals surface area contributed by atoms with Gasteiger partial charge in [0.2, 0.25) is 0 Å². The van der Waals surface area contributed by atoms with Crippen molar-refractivity contribution in [2.24, 2.45) is 0 Å². The Morgan fingerprint density at radius 2 is 0.883 bits per heavy atom. The molecule has 0 bridgehead atoms. The molecular formula is C58H42N2. The van der Waals surface area contributed by atoms with Crippen molar-refractivity contribution >= 4 is 32.6 Å². The average molecular weight is 767 g/mol. The second-order valence-corrected chi connectivity index (χ2v) is 17.8. The van der Waals surface area contributed by atoms with Crippen LogP contribution in [0.1, 0.15) is 49.9 Å². The molecule has 2 aliphatic carbocycles. The monoisotopic (exact) mass is 766 g/mol. The van der Waals surface area contributed by atoms with Gasteiger partial charge >= 0.3 is 0 Å². The summed E-state index contributed by atoms with van der Waals surface area (Å²) in [5, 5.41) is 4.64. The molecule has 0 amide bonds.